The number of hydrogen-bond donors (Lipinski definition) is 1. The highest BCUT2D eigenvalue weighted by Crippen LogP contribution is 2.31. The number of para-hydroxylation sites is 1. The number of fused-ring (bicyclic) bond motifs is 1. The van der Waals surface area contributed by atoms with Gasteiger partial charge in [0, 0.05) is 13.1 Å². The Morgan fingerprint density at radius 3 is 2.84 bits per heavy atom. The van der Waals surface area contributed by atoms with Crippen molar-refractivity contribution in [3.05, 3.63) is 24.3 Å². The molecule has 1 aliphatic rings. The van der Waals surface area contributed by atoms with Gasteiger partial charge in [-0.05, 0) is 50.9 Å². The third kappa shape index (κ3) is 2.90. The lowest BCUT2D eigenvalue weighted by atomic mass is 9.94. The molecule has 0 spiro atoms. The normalized spacial score (nSPS) is 17.2. The first kappa shape index (κ1) is 12.9. The van der Waals surface area contributed by atoms with Crippen molar-refractivity contribution < 1.29 is 0 Å². The van der Waals surface area contributed by atoms with E-state index in [-0.39, 0.29) is 0 Å². The summed E-state index contributed by atoms with van der Waals surface area (Å²) in [5.74, 6) is 0.887. The molecule has 0 aliphatic carbocycles. The van der Waals surface area contributed by atoms with Gasteiger partial charge in [-0.2, -0.15) is 0 Å². The summed E-state index contributed by atoms with van der Waals surface area (Å²) < 4.78 is 1.30. The number of nitrogens with zero attached hydrogens (tertiary/aromatic N) is 2. The molecule has 1 saturated heterocycles. The van der Waals surface area contributed by atoms with Gasteiger partial charge in [0.25, 0.3) is 0 Å². The van der Waals surface area contributed by atoms with Gasteiger partial charge in [-0.1, -0.05) is 23.5 Å². The first-order valence-corrected chi connectivity index (χ1v) is 7.93. The maximum atomic E-state index is 4.76. The van der Waals surface area contributed by atoms with E-state index in [9.17, 15) is 0 Å². The van der Waals surface area contributed by atoms with Crippen molar-refractivity contribution >= 4 is 26.7 Å². The second kappa shape index (κ2) is 5.88. The number of thiazole rings is 1. The Bertz CT molecular complexity index is 496. The summed E-state index contributed by atoms with van der Waals surface area (Å²) in [4.78, 5) is 7.21. The van der Waals surface area contributed by atoms with E-state index in [0.29, 0.717) is 0 Å². The predicted molar refractivity (Wildman–Crippen MR) is 83.1 cm³/mol. The molecule has 1 N–H and O–H groups in total. The van der Waals surface area contributed by atoms with Crippen LogP contribution < -0.4 is 10.2 Å². The van der Waals surface area contributed by atoms with Crippen LogP contribution in [0.3, 0.4) is 0 Å². The lowest BCUT2D eigenvalue weighted by molar-refractivity contribution is 0.378. The number of piperidine rings is 1. The van der Waals surface area contributed by atoms with Crippen molar-refractivity contribution in [2.75, 3.05) is 31.6 Å². The number of rotatable bonds is 4. The standard InChI is InChI=1S/C15H21N3S/c1-16-9-6-12-7-10-18(11-8-12)15-17-13-4-2-3-5-14(13)19-15/h2-5,12,16H,6-11H2,1H3. The zero-order valence-electron chi connectivity index (χ0n) is 11.4. The quantitative estimate of drug-likeness (QED) is 0.929. The van der Waals surface area contributed by atoms with E-state index in [1.165, 1.54) is 29.1 Å². The molecule has 0 bridgehead atoms. The van der Waals surface area contributed by atoms with E-state index >= 15 is 0 Å². The summed E-state index contributed by atoms with van der Waals surface area (Å²) in [5, 5.41) is 4.45. The molecule has 4 heteroatoms. The molecule has 19 heavy (non-hydrogen) atoms. The van der Waals surface area contributed by atoms with E-state index < -0.39 is 0 Å². The fourth-order valence-corrected chi connectivity index (χ4v) is 3.77. The summed E-state index contributed by atoms with van der Waals surface area (Å²) in [6, 6.07) is 8.43. The number of nitrogens with one attached hydrogen (secondary N) is 1. The Balaban J connectivity index is 1.64. The van der Waals surface area contributed by atoms with Gasteiger partial charge in [-0.3, -0.25) is 0 Å². The zero-order chi connectivity index (χ0) is 13.1. The molecule has 1 aromatic carbocycles. The molecule has 0 unspecified atom stereocenters. The van der Waals surface area contributed by atoms with Crippen LogP contribution in [0.5, 0.6) is 0 Å². The van der Waals surface area contributed by atoms with Crippen LogP contribution in [0.1, 0.15) is 19.3 Å². The van der Waals surface area contributed by atoms with Crippen LogP contribution in [0.4, 0.5) is 5.13 Å². The van der Waals surface area contributed by atoms with Crippen LogP contribution in [-0.4, -0.2) is 31.7 Å². The Morgan fingerprint density at radius 2 is 2.11 bits per heavy atom. The van der Waals surface area contributed by atoms with Crippen molar-refractivity contribution in [3.8, 4) is 0 Å². The summed E-state index contributed by atoms with van der Waals surface area (Å²) >= 11 is 1.83. The molecule has 2 aromatic rings. The highest BCUT2D eigenvalue weighted by atomic mass is 32.1. The van der Waals surface area contributed by atoms with Gasteiger partial charge in [0.15, 0.2) is 5.13 Å². The molecule has 1 aromatic heterocycles. The van der Waals surface area contributed by atoms with Crippen LogP contribution in [0.15, 0.2) is 24.3 Å². The van der Waals surface area contributed by atoms with Crippen LogP contribution in [0.2, 0.25) is 0 Å². The Labute approximate surface area is 118 Å². The molecular weight excluding hydrogens is 254 g/mol. The van der Waals surface area contributed by atoms with E-state index in [0.717, 1.165) is 31.1 Å². The van der Waals surface area contributed by atoms with Gasteiger partial charge in [-0.25, -0.2) is 4.98 Å². The predicted octanol–water partition coefficient (Wildman–Crippen LogP) is 3.12. The largest absolute Gasteiger partial charge is 0.348 e. The minimum atomic E-state index is 0.887. The molecule has 0 saturated carbocycles. The van der Waals surface area contributed by atoms with E-state index in [1.807, 2.05) is 18.4 Å². The summed E-state index contributed by atoms with van der Waals surface area (Å²) in [6.07, 6.45) is 3.92. The van der Waals surface area contributed by atoms with Crippen LogP contribution >= 0.6 is 11.3 Å². The Morgan fingerprint density at radius 1 is 1.32 bits per heavy atom. The van der Waals surface area contributed by atoms with Gasteiger partial charge in [0.05, 0.1) is 10.2 Å². The smallest absolute Gasteiger partial charge is 0.186 e. The molecule has 1 fully saturated rings. The molecule has 1 aliphatic heterocycles. The van der Waals surface area contributed by atoms with Gasteiger partial charge >= 0.3 is 0 Å². The number of benzene rings is 1. The van der Waals surface area contributed by atoms with Crippen molar-refractivity contribution in [1.29, 1.82) is 0 Å². The second-order valence-corrected chi connectivity index (χ2v) is 6.30. The van der Waals surface area contributed by atoms with Gasteiger partial charge in [0.2, 0.25) is 0 Å². The highest BCUT2D eigenvalue weighted by molar-refractivity contribution is 7.22. The van der Waals surface area contributed by atoms with E-state index in [1.54, 1.807) is 0 Å². The number of anilines is 1. The molecule has 0 atom stereocenters. The molecule has 0 amide bonds. The fraction of sp³-hybridized carbons (Fsp3) is 0.533. The lowest BCUT2D eigenvalue weighted by Gasteiger charge is -2.31. The molecule has 0 radical (unpaired) electrons. The molecular formula is C15H21N3S. The second-order valence-electron chi connectivity index (χ2n) is 5.29. The molecule has 102 valence electrons. The van der Waals surface area contributed by atoms with E-state index in [2.05, 4.69) is 34.5 Å². The Kier molecular flexibility index (Phi) is 3.99. The third-order valence-corrected chi connectivity index (χ3v) is 5.07. The molecule has 3 nitrogen and oxygen atoms in total. The SMILES string of the molecule is CNCCC1CCN(c2nc3ccccc3s2)CC1. The van der Waals surface area contributed by atoms with Crippen LogP contribution in [0.25, 0.3) is 10.2 Å². The van der Waals surface area contributed by atoms with Gasteiger partial charge in [-0.15, -0.1) is 0 Å². The third-order valence-electron chi connectivity index (χ3n) is 3.97. The maximum absolute atomic E-state index is 4.76. The monoisotopic (exact) mass is 275 g/mol. The topological polar surface area (TPSA) is 28.2 Å². The molecule has 3 rings (SSSR count). The number of hydrogen-bond acceptors (Lipinski definition) is 4. The first-order chi connectivity index (χ1) is 9.36. The van der Waals surface area contributed by atoms with Crippen molar-refractivity contribution in [1.82, 2.24) is 10.3 Å². The average molecular weight is 275 g/mol. The van der Waals surface area contributed by atoms with Gasteiger partial charge in [0.1, 0.15) is 0 Å². The van der Waals surface area contributed by atoms with Crippen LogP contribution in [0, 0.1) is 5.92 Å². The fourth-order valence-electron chi connectivity index (χ4n) is 2.76. The minimum absolute atomic E-state index is 0.887. The Hall–Kier alpha value is -1.13. The van der Waals surface area contributed by atoms with Crippen molar-refractivity contribution in [2.45, 2.75) is 19.3 Å². The zero-order valence-corrected chi connectivity index (χ0v) is 12.2. The summed E-state index contributed by atoms with van der Waals surface area (Å²) in [5.41, 5.74) is 1.14. The molecule has 2 heterocycles. The highest BCUT2D eigenvalue weighted by Gasteiger charge is 2.21. The maximum Gasteiger partial charge on any atom is 0.186 e. The summed E-state index contributed by atoms with van der Waals surface area (Å²) in [7, 11) is 2.04. The van der Waals surface area contributed by atoms with Crippen molar-refractivity contribution in [2.24, 2.45) is 5.92 Å². The van der Waals surface area contributed by atoms with Crippen molar-refractivity contribution in [3.63, 3.8) is 0 Å². The van der Waals surface area contributed by atoms with Gasteiger partial charge < -0.3 is 10.2 Å². The number of aromatic nitrogens is 1. The first-order valence-electron chi connectivity index (χ1n) is 7.12. The summed E-state index contributed by atoms with van der Waals surface area (Å²) in [6.45, 7) is 3.47. The van der Waals surface area contributed by atoms with Crippen LogP contribution in [-0.2, 0) is 0 Å². The average Bonchev–Trinajstić information content (AvgIpc) is 2.89. The van der Waals surface area contributed by atoms with E-state index in [4.69, 9.17) is 4.98 Å². The minimum Gasteiger partial charge on any atom is -0.348 e. The lowest BCUT2D eigenvalue weighted by Crippen LogP contribution is -2.34.